The highest BCUT2D eigenvalue weighted by atomic mass is 35.5. The summed E-state index contributed by atoms with van der Waals surface area (Å²) in [6.07, 6.45) is -4.37. The smallest absolute Gasteiger partial charge is 0.392 e. The Balaban J connectivity index is 2.45. The Morgan fingerprint density at radius 3 is 2.21 bits per heavy atom. The fourth-order valence-corrected chi connectivity index (χ4v) is 1.81. The molecule has 1 aromatic carbocycles. The monoisotopic (exact) mass is 287 g/mol. The molecule has 0 aliphatic rings. The first-order valence-corrected chi connectivity index (χ1v) is 5.73. The van der Waals surface area contributed by atoms with Crippen molar-refractivity contribution in [2.24, 2.45) is 0 Å². The fourth-order valence-electron chi connectivity index (χ4n) is 1.66. The summed E-state index contributed by atoms with van der Waals surface area (Å²) in [7, 11) is 0. The number of benzene rings is 1. The van der Waals surface area contributed by atoms with Crippen molar-refractivity contribution in [3.8, 4) is 11.3 Å². The first-order chi connectivity index (χ1) is 8.91. The van der Waals surface area contributed by atoms with Gasteiger partial charge in [0.05, 0.1) is 17.9 Å². The number of hydrogen-bond acceptors (Lipinski definition) is 2. The van der Waals surface area contributed by atoms with Gasteiger partial charge in [0.15, 0.2) is 0 Å². The highest BCUT2D eigenvalue weighted by Crippen LogP contribution is 2.31. The average molecular weight is 288 g/mol. The van der Waals surface area contributed by atoms with Crippen molar-refractivity contribution < 1.29 is 18.3 Å². The second-order valence-corrected chi connectivity index (χ2v) is 4.26. The van der Waals surface area contributed by atoms with Gasteiger partial charge in [-0.05, 0) is 18.2 Å². The lowest BCUT2D eigenvalue weighted by Crippen LogP contribution is -2.04. The van der Waals surface area contributed by atoms with Gasteiger partial charge in [-0.1, -0.05) is 29.8 Å². The molecule has 0 bridgehead atoms. The van der Waals surface area contributed by atoms with E-state index in [0.717, 1.165) is 12.1 Å². The zero-order valence-corrected chi connectivity index (χ0v) is 10.3. The quantitative estimate of drug-likeness (QED) is 0.850. The zero-order chi connectivity index (χ0) is 14.0. The van der Waals surface area contributed by atoms with Gasteiger partial charge in [0, 0.05) is 11.1 Å². The number of alkyl halides is 3. The molecule has 100 valence electrons. The molecule has 0 fully saturated rings. The van der Waals surface area contributed by atoms with Crippen molar-refractivity contribution in [2.75, 3.05) is 0 Å². The van der Waals surface area contributed by atoms with Gasteiger partial charge >= 0.3 is 6.18 Å². The van der Waals surface area contributed by atoms with Crippen molar-refractivity contribution in [1.29, 1.82) is 0 Å². The Hall–Kier alpha value is -1.59. The van der Waals surface area contributed by atoms with E-state index >= 15 is 0 Å². The van der Waals surface area contributed by atoms with Crippen molar-refractivity contribution in [2.45, 2.75) is 12.8 Å². The number of pyridine rings is 1. The van der Waals surface area contributed by atoms with Crippen LogP contribution in [0, 0.1) is 0 Å². The molecule has 1 N–H and O–H groups in total. The molecule has 19 heavy (non-hydrogen) atoms. The minimum absolute atomic E-state index is 0.215. The van der Waals surface area contributed by atoms with Crippen LogP contribution in [-0.4, -0.2) is 10.1 Å². The summed E-state index contributed by atoms with van der Waals surface area (Å²) in [4.78, 5) is 4.03. The third kappa shape index (κ3) is 3.05. The number of aliphatic hydroxyl groups is 1. The second kappa shape index (κ2) is 5.19. The van der Waals surface area contributed by atoms with Crippen LogP contribution in [0.15, 0.2) is 36.4 Å². The Kier molecular flexibility index (Phi) is 3.78. The van der Waals surface area contributed by atoms with Gasteiger partial charge in [0.25, 0.3) is 0 Å². The molecule has 2 aromatic rings. The highest BCUT2D eigenvalue weighted by Gasteiger charge is 2.30. The van der Waals surface area contributed by atoms with Crippen LogP contribution in [-0.2, 0) is 12.8 Å². The zero-order valence-electron chi connectivity index (χ0n) is 9.58. The number of halogens is 4. The molecule has 0 aliphatic carbocycles. The van der Waals surface area contributed by atoms with Crippen LogP contribution >= 0.6 is 11.6 Å². The summed E-state index contributed by atoms with van der Waals surface area (Å²) in [6, 6.07) is 7.66. The van der Waals surface area contributed by atoms with Gasteiger partial charge in [-0.2, -0.15) is 13.2 Å². The Bertz CT molecular complexity index is 581. The van der Waals surface area contributed by atoms with Gasteiger partial charge in [0.1, 0.15) is 5.15 Å². The topological polar surface area (TPSA) is 33.1 Å². The Morgan fingerprint density at radius 1 is 1.05 bits per heavy atom. The van der Waals surface area contributed by atoms with Crippen molar-refractivity contribution >= 4 is 11.6 Å². The maximum Gasteiger partial charge on any atom is 0.416 e. The predicted octanol–water partition coefficient (Wildman–Crippen LogP) is 3.91. The minimum Gasteiger partial charge on any atom is -0.392 e. The van der Waals surface area contributed by atoms with E-state index in [1.54, 1.807) is 6.07 Å². The van der Waals surface area contributed by atoms with Crippen LogP contribution in [0.25, 0.3) is 11.3 Å². The molecular formula is C13H9ClF3NO. The maximum absolute atomic E-state index is 12.5. The van der Waals surface area contributed by atoms with Crippen LogP contribution in [0.2, 0.25) is 5.15 Å². The summed E-state index contributed by atoms with van der Waals surface area (Å²) in [5.41, 5.74) is 0.622. The van der Waals surface area contributed by atoms with Crippen molar-refractivity contribution in [3.05, 3.63) is 52.7 Å². The fraction of sp³-hybridized carbons (Fsp3) is 0.154. The van der Waals surface area contributed by atoms with E-state index in [4.69, 9.17) is 11.6 Å². The molecule has 0 aliphatic heterocycles. The van der Waals surface area contributed by atoms with Gasteiger partial charge in [-0.25, -0.2) is 4.98 Å². The molecular weight excluding hydrogens is 279 g/mol. The van der Waals surface area contributed by atoms with Crippen LogP contribution in [0.1, 0.15) is 11.1 Å². The third-order valence-electron chi connectivity index (χ3n) is 2.60. The van der Waals surface area contributed by atoms with E-state index in [2.05, 4.69) is 4.98 Å². The number of hydrogen-bond donors (Lipinski definition) is 1. The lowest BCUT2D eigenvalue weighted by Gasteiger charge is -2.09. The molecule has 1 aromatic heterocycles. The second-order valence-electron chi connectivity index (χ2n) is 3.87. The molecule has 0 saturated carbocycles. The lowest BCUT2D eigenvalue weighted by molar-refractivity contribution is -0.137. The normalized spacial score (nSPS) is 11.6. The van der Waals surface area contributed by atoms with E-state index in [9.17, 15) is 18.3 Å². The molecule has 1 heterocycles. The van der Waals surface area contributed by atoms with E-state index in [0.29, 0.717) is 16.8 Å². The van der Waals surface area contributed by atoms with Crippen LogP contribution in [0.3, 0.4) is 0 Å². The summed E-state index contributed by atoms with van der Waals surface area (Å²) in [5.74, 6) is 0. The third-order valence-corrected chi connectivity index (χ3v) is 2.81. The summed E-state index contributed by atoms with van der Waals surface area (Å²) in [5, 5.41) is 9.41. The van der Waals surface area contributed by atoms with E-state index < -0.39 is 11.7 Å². The number of nitrogens with zero attached hydrogens (tertiary/aromatic N) is 1. The summed E-state index contributed by atoms with van der Waals surface area (Å²) < 4.78 is 37.4. The van der Waals surface area contributed by atoms with Gasteiger partial charge in [-0.3, -0.25) is 0 Å². The molecule has 0 saturated heterocycles. The molecule has 0 radical (unpaired) electrons. The van der Waals surface area contributed by atoms with Gasteiger partial charge < -0.3 is 5.11 Å². The van der Waals surface area contributed by atoms with Gasteiger partial charge in [-0.15, -0.1) is 0 Å². The van der Waals surface area contributed by atoms with E-state index in [1.807, 2.05) is 0 Å². The molecule has 2 rings (SSSR count). The first kappa shape index (κ1) is 13.8. The molecule has 0 spiro atoms. The van der Waals surface area contributed by atoms with E-state index in [-0.39, 0.29) is 11.8 Å². The van der Waals surface area contributed by atoms with Gasteiger partial charge in [0.2, 0.25) is 0 Å². The number of aromatic nitrogens is 1. The number of aliphatic hydroxyl groups excluding tert-OH is 1. The minimum atomic E-state index is -4.37. The summed E-state index contributed by atoms with van der Waals surface area (Å²) >= 11 is 5.75. The average Bonchev–Trinajstić information content (AvgIpc) is 2.38. The van der Waals surface area contributed by atoms with Crippen molar-refractivity contribution in [3.63, 3.8) is 0 Å². The number of rotatable bonds is 2. The Morgan fingerprint density at radius 2 is 1.68 bits per heavy atom. The summed E-state index contributed by atoms with van der Waals surface area (Å²) in [6.45, 7) is -0.263. The largest absolute Gasteiger partial charge is 0.416 e. The van der Waals surface area contributed by atoms with E-state index in [1.165, 1.54) is 18.2 Å². The first-order valence-electron chi connectivity index (χ1n) is 5.35. The highest BCUT2D eigenvalue weighted by molar-refractivity contribution is 6.29. The van der Waals surface area contributed by atoms with Crippen LogP contribution in [0.4, 0.5) is 13.2 Å². The van der Waals surface area contributed by atoms with Crippen molar-refractivity contribution in [1.82, 2.24) is 4.98 Å². The lowest BCUT2D eigenvalue weighted by atomic mass is 10.0. The Labute approximate surface area is 112 Å². The molecule has 6 heteroatoms. The maximum atomic E-state index is 12.5. The van der Waals surface area contributed by atoms with Crippen LogP contribution < -0.4 is 0 Å². The molecule has 0 amide bonds. The molecule has 0 unspecified atom stereocenters. The SMILES string of the molecule is OCc1ccc(Cl)nc1-c1ccc(C(F)(F)F)cc1. The van der Waals surface area contributed by atoms with Crippen LogP contribution in [0.5, 0.6) is 0 Å². The predicted molar refractivity (Wildman–Crippen MR) is 65.6 cm³/mol. The molecule has 0 atom stereocenters. The standard InChI is InChI=1S/C13H9ClF3NO/c14-11-6-3-9(7-19)12(18-11)8-1-4-10(5-2-8)13(15,16)17/h1-6,19H,7H2. The molecule has 2 nitrogen and oxygen atoms in total.